The van der Waals surface area contributed by atoms with Gasteiger partial charge in [-0.2, -0.15) is 0 Å². The van der Waals surface area contributed by atoms with Gasteiger partial charge in [0, 0.05) is 12.0 Å². The number of aliphatic hydroxyl groups excluding tert-OH is 1. The molecule has 2 aliphatic rings. The van der Waals surface area contributed by atoms with E-state index in [0.29, 0.717) is 11.3 Å². The second kappa shape index (κ2) is 8.45. The van der Waals surface area contributed by atoms with Gasteiger partial charge in [0.05, 0.1) is 24.4 Å². The third-order valence-corrected chi connectivity index (χ3v) is 6.71. The highest BCUT2D eigenvalue weighted by molar-refractivity contribution is 6.46. The maximum Gasteiger partial charge on any atom is 0.296 e. The molecule has 1 saturated heterocycles. The number of hydrogen-bond acceptors (Lipinski definition) is 5. The van der Waals surface area contributed by atoms with Crippen molar-refractivity contribution in [1.29, 1.82) is 0 Å². The second-order valence-corrected chi connectivity index (χ2v) is 10.3. The summed E-state index contributed by atoms with van der Waals surface area (Å²) in [5.74, 6) is -0.207. The number of Topliss-reactive ketones (excluding diaryl/α,β-unsaturated/α-hetero) is 1. The van der Waals surface area contributed by atoms with Crippen molar-refractivity contribution in [2.45, 2.75) is 58.2 Å². The largest absolute Gasteiger partial charge is 0.507 e. The van der Waals surface area contributed by atoms with Crippen molar-refractivity contribution in [3.63, 3.8) is 0 Å². The minimum atomic E-state index is -0.738. The van der Waals surface area contributed by atoms with Crippen LogP contribution in [0.4, 0.5) is 0 Å². The molecule has 3 aromatic rings. The van der Waals surface area contributed by atoms with Gasteiger partial charge in [-0.3, -0.25) is 9.59 Å². The molecule has 0 spiro atoms. The second-order valence-electron chi connectivity index (χ2n) is 10.3. The van der Waals surface area contributed by atoms with E-state index in [-0.39, 0.29) is 29.4 Å². The molecule has 3 heterocycles. The molecular weight excluding hydrogens is 442 g/mol. The highest BCUT2D eigenvalue weighted by Crippen LogP contribution is 2.41. The Bertz CT molecular complexity index is 1310. The SMILES string of the molecule is CC1Cc2cc(/C(O)=C3/C(=O)C(=O)N(Cc4ccco4)C3c3ccc(C(C)(C)C)cc3)ccc2O1. The maximum atomic E-state index is 13.3. The topological polar surface area (TPSA) is 80.0 Å². The van der Waals surface area contributed by atoms with Crippen LogP contribution in [0, 0.1) is 0 Å². The highest BCUT2D eigenvalue weighted by Gasteiger charge is 2.46. The van der Waals surface area contributed by atoms with Crippen molar-refractivity contribution in [2.24, 2.45) is 0 Å². The van der Waals surface area contributed by atoms with Crippen molar-refractivity contribution in [3.8, 4) is 5.75 Å². The van der Waals surface area contributed by atoms with Crippen LogP contribution in [0.3, 0.4) is 0 Å². The minimum absolute atomic E-state index is 0.0435. The molecular formula is C29H29NO5. The standard InChI is InChI=1S/C29H29NO5/c1-17-14-20-15-19(9-12-23(20)35-17)26(31)24-25(18-7-10-21(11-8-18)29(2,3)4)30(28(33)27(24)32)16-22-6-5-13-34-22/h5-13,15,17,25,31H,14,16H2,1-4H3/b26-24-. The molecule has 180 valence electrons. The fourth-order valence-corrected chi connectivity index (χ4v) is 4.85. The van der Waals surface area contributed by atoms with E-state index in [2.05, 4.69) is 20.8 Å². The van der Waals surface area contributed by atoms with Crippen LogP contribution < -0.4 is 4.74 Å². The first-order chi connectivity index (χ1) is 16.6. The van der Waals surface area contributed by atoms with Gasteiger partial charge in [0.1, 0.15) is 23.4 Å². The lowest BCUT2D eigenvalue weighted by molar-refractivity contribution is -0.140. The number of aliphatic hydroxyl groups is 1. The number of hydrogen-bond donors (Lipinski definition) is 1. The van der Waals surface area contributed by atoms with E-state index in [0.717, 1.165) is 28.9 Å². The Hall–Kier alpha value is -3.80. The first-order valence-corrected chi connectivity index (χ1v) is 11.8. The maximum absolute atomic E-state index is 13.3. The monoisotopic (exact) mass is 471 g/mol. The summed E-state index contributed by atoms with van der Waals surface area (Å²) in [6.07, 6.45) is 2.32. The number of fused-ring (bicyclic) bond motifs is 1. The van der Waals surface area contributed by atoms with E-state index in [4.69, 9.17) is 9.15 Å². The lowest BCUT2D eigenvalue weighted by Gasteiger charge is -2.26. The number of likely N-dealkylation sites (tertiary alicyclic amines) is 1. The zero-order valence-corrected chi connectivity index (χ0v) is 20.4. The molecule has 0 radical (unpaired) electrons. The van der Waals surface area contributed by atoms with E-state index in [1.807, 2.05) is 37.3 Å². The molecule has 2 unspecified atom stereocenters. The number of benzene rings is 2. The summed E-state index contributed by atoms with van der Waals surface area (Å²) >= 11 is 0. The van der Waals surface area contributed by atoms with Gasteiger partial charge < -0.3 is 19.2 Å². The van der Waals surface area contributed by atoms with Crippen LogP contribution in [0.15, 0.2) is 70.9 Å². The Kier molecular flexibility index (Phi) is 5.55. The molecule has 0 aliphatic carbocycles. The van der Waals surface area contributed by atoms with E-state index >= 15 is 0 Å². The first-order valence-electron chi connectivity index (χ1n) is 11.8. The number of nitrogens with zero attached hydrogens (tertiary/aromatic N) is 1. The molecule has 1 aromatic heterocycles. The Morgan fingerprint density at radius 2 is 1.83 bits per heavy atom. The van der Waals surface area contributed by atoms with E-state index < -0.39 is 17.7 Å². The van der Waals surface area contributed by atoms with E-state index in [1.165, 1.54) is 11.2 Å². The van der Waals surface area contributed by atoms with Gasteiger partial charge in [0.25, 0.3) is 11.7 Å². The van der Waals surface area contributed by atoms with Gasteiger partial charge in [-0.05, 0) is 59.4 Å². The van der Waals surface area contributed by atoms with Crippen molar-refractivity contribution >= 4 is 17.4 Å². The summed E-state index contributed by atoms with van der Waals surface area (Å²) in [7, 11) is 0. The normalized spacial score (nSPS) is 21.3. The third kappa shape index (κ3) is 4.14. The molecule has 5 rings (SSSR count). The van der Waals surface area contributed by atoms with Crippen molar-refractivity contribution < 1.29 is 23.8 Å². The van der Waals surface area contributed by atoms with Gasteiger partial charge in [-0.25, -0.2) is 0 Å². The fraction of sp³-hybridized carbons (Fsp3) is 0.310. The van der Waals surface area contributed by atoms with Gasteiger partial charge in [-0.15, -0.1) is 0 Å². The van der Waals surface area contributed by atoms with Crippen LogP contribution in [0.2, 0.25) is 0 Å². The summed E-state index contributed by atoms with van der Waals surface area (Å²) in [4.78, 5) is 27.9. The molecule has 35 heavy (non-hydrogen) atoms. The summed E-state index contributed by atoms with van der Waals surface area (Å²) in [6.45, 7) is 8.49. The van der Waals surface area contributed by atoms with Crippen LogP contribution in [0.5, 0.6) is 5.75 Å². The lowest BCUT2D eigenvalue weighted by Crippen LogP contribution is -2.29. The van der Waals surface area contributed by atoms with Crippen LogP contribution in [-0.2, 0) is 28.0 Å². The molecule has 6 nitrogen and oxygen atoms in total. The molecule has 2 atom stereocenters. The molecule has 1 amide bonds. The van der Waals surface area contributed by atoms with Crippen LogP contribution in [0.1, 0.15) is 61.8 Å². The zero-order chi connectivity index (χ0) is 24.9. The smallest absolute Gasteiger partial charge is 0.296 e. The Balaban J connectivity index is 1.62. The number of furan rings is 1. The molecule has 6 heteroatoms. The Morgan fingerprint density at radius 3 is 2.49 bits per heavy atom. The van der Waals surface area contributed by atoms with Crippen molar-refractivity contribution in [2.75, 3.05) is 0 Å². The van der Waals surface area contributed by atoms with Gasteiger partial charge >= 0.3 is 0 Å². The average Bonchev–Trinajstić information content (AvgIpc) is 3.52. The predicted octanol–water partition coefficient (Wildman–Crippen LogP) is 5.52. The summed E-state index contributed by atoms with van der Waals surface area (Å²) in [5.41, 5.74) is 3.39. The van der Waals surface area contributed by atoms with E-state index in [9.17, 15) is 14.7 Å². The number of carbonyl (C=O) groups is 2. The van der Waals surface area contributed by atoms with E-state index in [1.54, 1.807) is 24.3 Å². The zero-order valence-electron chi connectivity index (χ0n) is 20.4. The summed E-state index contributed by atoms with van der Waals surface area (Å²) < 4.78 is 11.2. The third-order valence-electron chi connectivity index (χ3n) is 6.71. The first kappa shape index (κ1) is 23.0. The molecule has 0 saturated carbocycles. The molecule has 1 fully saturated rings. The molecule has 0 bridgehead atoms. The quantitative estimate of drug-likeness (QED) is 0.308. The number of rotatable bonds is 4. The van der Waals surface area contributed by atoms with Gasteiger partial charge in [-0.1, -0.05) is 45.0 Å². The Labute approximate surface area is 204 Å². The average molecular weight is 472 g/mol. The lowest BCUT2D eigenvalue weighted by atomic mass is 9.85. The van der Waals surface area contributed by atoms with Gasteiger partial charge in [0.15, 0.2) is 0 Å². The fourth-order valence-electron chi connectivity index (χ4n) is 4.85. The summed E-state index contributed by atoms with van der Waals surface area (Å²) in [5, 5.41) is 11.4. The molecule has 1 N–H and O–H groups in total. The van der Waals surface area contributed by atoms with Crippen LogP contribution in [-0.4, -0.2) is 27.8 Å². The van der Waals surface area contributed by atoms with Crippen LogP contribution in [0.25, 0.3) is 5.76 Å². The van der Waals surface area contributed by atoms with Crippen molar-refractivity contribution in [1.82, 2.24) is 4.90 Å². The molecule has 2 aromatic carbocycles. The number of ketones is 1. The number of amides is 1. The highest BCUT2D eigenvalue weighted by atomic mass is 16.5. The Morgan fingerprint density at radius 1 is 1.09 bits per heavy atom. The predicted molar refractivity (Wildman–Crippen MR) is 132 cm³/mol. The number of ether oxygens (including phenoxy) is 1. The number of carbonyl (C=O) groups excluding carboxylic acids is 2. The van der Waals surface area contributed by atoms with Crippen molar-refractivity contribution in [3.05, 3.63) is 94.4 Å². The van der Waals surface area contributed by atoms with Gasteiger partial charge in [0.2, 0.25) is 0 Å². The van der Waals surface area contributed by atoms with Crippen LogP contribution >= 0.6 is 0 Å². The summed E-state index contributed by atoms with van der Waals surface area (Å²) in [6, 6.07) is 16.0. The minimum Gasteiger partial charge on any atom is -0.507 e. The molecule has 2 aliphatic heterocycles.